The van der Waals surface area contributed by atoms with E-state index in [1.807, 2.05) is 0 Å². The zero-order valence-electron chi connectivity index (χ0n) is 10.4. The Morgan fingerprint density at radius 2 is 2.06 bits per heavy atom. The highest BCUT2D eigenvalue weighted by molar-refractivity contribution is 5.92. The number of aromatic nitrogens is 2. The fourth-order valence-corrected chi connectivity index (χ4v) is 2.22. The Hall–Kier alpha value is -1.45. The Kier molecular flexibility index (Phi) is 3.41. The number of hydrogen-bond donors (Lipinski definition) is 1. The Balaban J connectivity index is 1.89. The van der Waals surface area contributed by atoms with Crippen molar-refractivity contribution in [2.24, 2.45) is 5.41 Å². The van der Waals surface area contributed by atoms with Gasteiger partial charge in [0.25, 0.3) is 5.91 Å². The van der Waals surface area contributed by atoms with Gasteiger partial charge in [0.05, 0.1) is 6.20 Å². The van der Waals surface area contributed by atoms with Crippen molar-refractivity contribution < 1.29 is 4.79 Å². The Bertz CT molecular complexity index is 379. The molecule has 0 unspecified atom stereocenters. The van der Waals surface area contributed by atoms with Crippen LogP contribution >= 0.6 is 0 Å². The summed E-state index contributed by atoms with van der Waals surface area (Å²) in [5.41, 5.74) is 0.825. The van der Waals surface area contributed by atoms with Crippen LogP contribution in [0.15, 0.2) is 18.6 Å². The van der Waals surface area contributed by atoms with Gasteiger partial charge in [-0.25, -0.2) is 4.98 Å². The molecular formula is C13H19N3O. The average molecular weight is 233 g/mol. The van der Waals surface area contributed by atoms with Gasteiger partial charge in [-0.15, -0.1) is 0 Å². The summed E-state index contributed by atoms with van der Waals surface area (Å²) in [6.45, 7) is 4.57. The van der Waals surface area contributed by atoms with Gasteiger partial charge in [0.2, 0.25) is 0 Å². The van der Waals surface area contributed by atoms with Crippen molar-refractivity contribution in [3.05, 3.63) is 24.3 Å². The molecule has 0 bridgehead atoms. The maximum Gasteiger partial charge on any atom is 0.271 e. The van der Waals surface area contributed by atoms with Crippen LogP contribution in [0.5, 0.6) is 0 Å². The molecule has 1 aliphatic rings. The van der Waals surface area contributed by atoms with Gasteiger partial charge in [-0.05, 0) is 31.1 Å². The van der Waals surface area contributed by atoms with Crippen LogP contribution in [0.3, 0.4) is 0 Å². The summed E-state index contributed by atoms with van der Waals surface area (Å²) in [6, 6.07) is 0.289. The van der Waals surface area contributed by atoms with E-state index in [1.54, 1.807) is 12.4 Å². The lowest BCUT2D eigenvalue weighted by Crippen LogP contribution is -2.39. The molecule has 1 N–H and O–H groups in total. The lowest BCUT2D eigenvalue weighted by Gasteiger charge is -2.34. The summed E-state index contributed by atoms with van der Waals surface area (Å²) >= 11 is 0. The van der Waals surface area contributed by atoms with Gasteiger partial charge >= 0.3 is 0 Å². The molecule has 1 heterocycles. The summed E-state index contributed by atoms with van der Waals surface area (Å²) in [5.74, 6) is -0.109. The van der Waals surface area contributed by atoms with E-state index in [0.29, 0.717) is 11.1 Å². The van der Waals surface area contributed by atoms with Crippen molar-refractivity contribution >= 4 is 5.91 Å². The molecule has 1 aromatic rings. The SMILES string of the molecule is CC1(C)CCC(NC(=O)c2cnccn2)CC1. The van der Waals surface area contributed by atoms with Crippen LogP contribution in [0, 0.1) is 5.41 Å². The van der Waals surface area contributed by atoms with Crippen LogP contribution in [0.2, 0.25) is 0 Å². The first kappa shape index (κ1) is 12.0. The zero-order valence-corrected chi connectivity index (χ0v) is 10.4. The molecule has 0 spiro atoms. The number of amides is 1. The highest BCUT2D eigenvalue weighted by Crippen LogP contribution is 2.34. The van der Waals surface area contributed by atoms with E-state index in [-0.39, 0.29) is 11.9 Å². The van der Waals surface area contributed by atoms with Crippen LogP contribution in [-0.4, -0.2) is 21.9 Å². The second-order valence-corrected chi connectivity index (χ2v) is 5.50. The van der Waals surface area contributed by atoms with Crippen LogP contribution < -0.4 is 5.32 Å². The van der Waals surface area contributed by atoms with Gasteiger partial charge in [0.15, 0.2) is 0 Å². The number of rotatable bonds is 2. The molecule has 4 nitrogen and oxygen atoms in total. The van der Waals surface area contributed by atoms with Gasteiger partial charge in [-0.3, -0.25) is 9.78 Å². The zero-order chi connectivity index (χ0) is 12.3. The summed E-state index contributed by atoms with van der Waals surface area (Å²) in [4.78, 5) is 19.8. The Labute approximate surface area is 102 Å². The molecular weight excluding hydrogens is 214 g/mol. The third kappa shape index (κ3) is 3.25. The molecule has 1 aliphatic carbocycles. The van der Waals surface area contributed by atoms with Crippen LogP contribution in [0.4, 0.5) is 0 Å². The Morgan fingerprint density at radius 3 is 2.65 bits per heavy atom. The van der Waals surface area contributed by atoms with Crippen LogP contribution in [0.1, 0.15) is 50.0 Å². The van der Waals surface area contributed by atoms with E-state index in [2.05, 4.69) is 29.1 Å². The molecule has 17 heavy (non-hydrogen) atoms. The molecule has 4 heteroatoms. The molecule has 0 atom stereocenters. The van der Waals surface area contributed by atoms with Gasteiger partial charge in [-0.2, -0.15) is 0 Å². The largest absolute Gasteiger partial charge is 0.348 e. The van der Waals surface area contributed by atoms with E-state index in [4.69, 9.17) is 0 Å². The Morgan fingerprint density at radius 1 is 1.35 bits per heavy atom. The highest BCUT2D eigenvalue weighted by Gasteiger charge is 2.27. The quantitative estimate of drug-likeness (QED) is 0.851. The maximum absolute atomic E-state index is 11.9. The molecule has 0 saturated heterocycles. The number of carbonyl (C=O) groups excluding carboxylic acids is 1. The normalized spacial score (nSPS) is 19.9. The van der Waals surface area contributed by atoms with Gasteiger partial charge in [0.1, 0.15) is 5.69 Å². The van der Waals surface area contributed by atoms with E-state index in [1.165, 1.54) is 19.0 Å². The predicted octanol–water partition coefficient (Wildman–Crippen LogP) is 2.18. The maximum atomic E-state index is 11.9. The summed E-state index contributed by atoms with van der Waals surface area (Å²) in [5, 5.41) is 3.03. The summed E-state index contributed by atoms with van der Waals surface area (Å²) in [6.07, 6.45) is 9.05. The average Bonchev–Trinajstić information content (AvgIpc) is 2.33. The highest BCUT2D eigenvalue weighted by atomic mass is 16.1. The summed E-state index contributed by atoms with van der Waals surface area (Å²) < 4.78 is 0. The van der Waals surface area contributed by atoms with Crippen molar-refractivity contribution in [3.8, 4) is 0 Å². The van der Waals surface area contributed by atoms with Crippen molar-refractivity contribution in [1.29, 1.82) is 0 Å². The van der Waals surface area contributed by atoms with Crippen molar-refractivity contribution in [3.63, 3.8) is 0 Å². The van der Waals surface area contributed by atoms with Gasteiger partial charge < -0.3 is 5.32 Å². The fourth-order valence-electron chi connectivity index (χ4n) is 2.22. The van der Waals surface area contributed by atoms with E-state index in [9.17, 15) is 4.79 Å². The van der Waals surface area contributed by atoms with E-state index >= 15 is 0 Å². The molecule has 0 aliphatic heterocycles. The van der Waals surface area contributed by atoms with Crippen LogP contribution in [0.25, 0.3) is 0 Å². The smallest absolute Gasteiger partial charge is 0.271 e. The number of carbonyl (C=O) groups is 1. The minimum atomic E-state index is -0.109. The minimum absolute atomic E-state index is 0.109. The third-order valence-corrected chi connectivity index (χ3v) is 3.47. The second-order valence-electron chi connectivity index (χ2n) is 5.50. The lowest BCUT2D eigenvalue weighted by atomic mass is 9.75. The summed E-state index contributed by atoms with van der Waals surface area (Å²) in [7, 11) is 0. The number of hydrogen-bond acceptors (Lipinski definition) is 3. The van der Waals surface area contributed by atoms with Crippen molar-refractivity contribution in [2.75, 3.05) is 0 Å². The molecule has 1 aromatic heterocycles. The second kappa shape index (κ2) is 4.82. The monoisotopic (exact) mass is 233 g/mol. The number of nitrogens with one attached hydrogen (secondary N) is 1. The molecule has 0 aromatic carbocycles. The van der Waals surface area contributed by atoms with Crippen molar-refractivity contribution in [1.82, 2.24) is 15.3 Å². The first-order chi connectivity index (χ1) is 8.07. The van der Waals surface area contributed by atoms with E-state index in [0.717, 1.165) is 12.8 Å². The van der Waals surface area contributed by atoms with Crippen LogP contribution in [-0.2, 0) is 0 Å². The van der Waals surface area contributed by atoms with Crippen molar-refractivity contribution in [2.45, 2.75) is 45.6 Å². The molecule has 1 fully saturated rings. The molecule has 0 radical (unpaired) electrons. The minimum Gasteiger partial charge on any atom is -0.348 e. The lowest BCUT2D eigenvalue weighted by molar-refractivity contribution is 0.0903. The molecule has 1 amide bonds. The molecule has 1 saturated carbocycles. The van der Waals surface area contributed by atoms with Gasteiger partial charge in [-0.1, -0.05) is 13.8 Å². The van der Waals surface area contributed by atoms with Gasteiger partial charge in [0, 0.05) is 18.4 Å². The predicted molar refractivity (Wildman–Crippen MR) is 65.5 cm³/mol. The third-order valence-electron chi connectivity index (χ3n) is 3.47. The topological polar surface area (TPSA) is 54.9 Å². The van der Waals surface area contributed by atoms with E-state index < -0.39 is 0 Å². The standard InChI is InChI=1S/C13H19N3O/c1-13(2)5-3-10(4-6-13)16-12(17)11-9-14-7-8-15-11/h7-10H,3-6H2,1-2H3,(H,16,17). The first-order valence-electron chi connectivity index (χ1n) is 6.14. The number of nitrogens with zero attached hydrogens (tertiary/aromatic N) is 2. The molecule has 92 valence electrons. The fraction of sp³-hybridized carbons (Fsp3) is 0.615. The molecule has 2 rings (SSSR count). The first-order valence-corrected chi connectivity index (χ1v) is 6.14.